The predicted octanol–water partition coefficient (Wildman–Crippen LogP) is 4.91. The van der Waals surface area contributed by atoms with Crippen molar-refractivity contribution >= 4 is 27.5 Å². The first-order chi connectivity index (χ1) is 18.7. The van der Waals surface area contributed by atoms with Gasteiger partial charge in [-0.1, -0.05) is 12.5 Å². The third-order valence-electron chi connectivity index (χ3n) is 8.13. The summed E-state index contributed by atoms with van der Waals surface area (Å²) in [4.78, 5) is 20.4. The number of likely N-dealkylation sites (tertiary alicyclic amines) is 1. The molecule has 2 saturated heterocycles. The van der Waals surface area contributed by atoms with Crippen LogP contribution in [0.1, 0.15) is 24.8 Å². The van der Waals surface area contributed by atoms with Crippen LogP contribution in [-0.4, -0.2) is 81.3 Å². The van der Waals surface area contributed by atoms with Gasteiger partial charge in [0, 0.05) is 72.7 Å². The average molecular weight is 507 g/mol. The van der Waals surface area contributed by atoms with Crippen molar-refractivity contribution < 1.29 is 0 Å². The van der Waals surface area contributed by atoms with E-state index < -0.39 is 0 Å². The predicted molar refractivity (Wildman–Crippen MR) is 153 cm³/mol. The minimum absolute atomic E-state index is 0.918. The zero-order chi connectivity index (χ0) is 25.5. The van der Waals surface area contributed by atoms with E-state index in [2.05, 4.69) is 73.2 Å². The molecule has 5 aromatic rings. The Morgan fingerprint density at radius 1 is 0.842 bits per heavy atom. The van der Waals surface area contributed by atoms with Crippen molar-refractivity contribution in [1.82, 2.24) is 34.9 Å². The molecular formula is C30H34N8. The lowest BCUT2D eigenvalue weighted by Crippen LogP contribution is -2.44. The van der Waals surface area contributed by atoms with Crippen molar-refractivity contribution in [3.05, 3.63) is 60.6 Å². The van der Waals surface area contributed by atoms with Crippen molar-refractivity contribution in [3.8, 4) is 22.6 Å². The fourth-order valence-corrected chi connectivity index (χ4v) is 5.96. The van der Waals surface area contributed by atoms with E-state index in [0.29, 0.717) is 0 Å². The monoisotopic (exact) mass is 506 g/mol. The van der Waals surface area contributed by atoms with Crippen molar-refractivity contribution in [2.45, 2.75) is 25.8 Å². The van der Waals surface area contributed by atoms with Gasteiger partial charge in [-0.25, -0.2) is 0 Å². The average Bonchev–Trinajstić information content (AvgIpc) is 3.58. The number of aromatic amines is 2. The van der Waals surface area contributed by atoms with Gasteiger partial charge in [0.1, 0.15) is 5.69 Å². The molecule has 0 atom stereocenters. The summed E-state index contributed by atoms with van der Waals surface area (Å²) in [5.41, 5.74) is 8.49. The van der Waals surface area contributed by atoms with Crippen molar-refractivity contribution in [3.63, 3.8) is 0 Å². The maximum atomic E-state index is 4.75. The summed E-state index contributed by atoms with van der Waals surface area (Å²) >= 11 is 0. The number of H-pyrrole nitrogens is 2. The Morgan fingerprint density at radius 3 is 2.58 bits per heavy atom. The molecule has 2 N–H and O–H groups in total. The zero-order valence-electron chi connectivity index (χ0n) is 22.0. The number of piperidine rings is 1. The molecule has 2 fully saturated rings. The Bertz CT molecular complexity index is 1570. The highest BCUT2D eigenvalue weighted by atomic mass is 15.2. The molecule has 6 heterocycles. The molecular weight excluding hydrogens is 472 g/mol. The number of nitrogens with zero attached hydrogens (tertiary/aromatic N) is 6. The van der Waals surface area contributed by atoms with E-state index in [9.17, 15) is 0 Å². The smallest absolute Gasteiger partial charge is 0.116 e. The van der Waals surface area contributed by atoms with Gasteiger partial charge in [0.15, 0.2) is 0 Å². The number of hydrogen-bond donors (Lipinski definition) is 2. The maximum absolute atomic E-state index is 4.75. The quantitative estimate of drug-likeness (QED) is 0.353. The van der Waals surface area contributed by atoms with Gasteiger partial charge in [-0.15, -0.1) is 0 Å². The van der Waals surface area contributed by atoms with Crippen LogP contribution in [0.3, 0.4) is 0 Å². The number of pyridine rings is 2. The molecule has 38 heavy (non-hydrogen) atoms. The molecule has 0 radical (unpaired) electrons. The van der Waals surface area contributed by atoms with E-state index in [-0.39, 0.29) is 0 Å². The Morgan fingerprint density at radius 2 is 1.71 bits per heavy atom. The Kier molecular flexibility index (Phi) is 6.06. The van der Waals surface area contributed by atoms with Crippen molar-refractivity contribution in [2.75, 3.05) is 51.2 Å². The number of likely N-dealkylation sites (N-methyl/N-ethyl adjacent to an activating group) is 1. The van der Waals surface area contributed by atoms with Gasteiger partial charge in [0.05, 0.1) is 23.1 Å². The molecule has 0 bridgehead atoms. The van der Waals surface area contributed by atoms with Gasteiger partial charge >= 0.3 is 0 Å². The van der Waals surface area contributed by atoms with Crippen LogP contribution in [0.15, 0.2) is 55.0 Å². The summed E-state index contributed by atoms with van der Waals surface area (Å²) < 4.78 is 0. The minimum atomic E-state index is 0.918. The van der Waals surface area contributed by atoms with Crippen LogP contribution < -0.4 is 4.90 Å². The second-order valence-corrected chi connectivity index (χ2v) is 10.8. The molecule has 0 unspecified atom stereocenters. The topological polar surface area (TPSA) is 80.0 Å². The molecule has 0 aliphatic carbocycles. The molecule has 0 spiro atoms. The second-order valence-electron chi connectivity index (χ2n) is 10.8. The number of aromatic nitrogens is 5. The lowest BCUT2D eigenvalue weighted by Gasteiger charge is -2.34. The summed E-state index contributed by atoms with van der Waals surface area (Å²) in [5.74, 6) is 0. The van der Waals surface area contributed by atoms with E-state index in [1.54, 1.807) is 0 Å². The number of nitrogens with one attached hydrogen (secondary N) is 2. The first kappa shape index (κ1) is 23.4. The fourth-order valence-electron chi connectivity index (χ4n) is 5.96. The maximum Gasteiger partial charge on any atom is 0.116 e. The standard InChI is InChI=1S/C30H34N8/c1-36-10-12-38(13-11-36)29-7-5-6-25-23(29)15-27(33-25)30-24-16-26(32-19-28(24)34-35-30)22-14-21(17-31-18-22)20-37-8-3-2-4-9-37/h5-7,14-19,33H,2-4,8-13,20H2,1H3,(H,34,35). The van der Waals surface area contributed by atoms with E-state index in [1.807, 2.05) is 18.6 Å². The molecule has 4 aromatic heterocycles. The fraction of sp³-hybridized carbons (Fsp3) is 0.367. The molecule has 2 aliphatic heterocycles. The van der Waals surface area contributed by atoms with Crippen LogP contribution in [0.4, 0.5) is 5.69 Å². The minimum Gasteiger partial charge on any atom is -0.368 e. The molecule has 0 saturated carbocycles. The molecule has 8 heteroatoms. The zero-order valence-corrected chi connectivity index (χ0v) is 22.0. The third-order valence-corrected chi connectivity index (χ3v) is 8.13. The number of piperazine rings is 1. The van der Waals surface area contributed by atoms with E-state index in [4.69, 9.17) is 10.1 Å². The largest absolute Gasteiger partial charge is 0.368 e. The van der Waals surface area contributed by atoms with E-state index in [1.165, 1.54) is 49.0 Å². The second kappa shape index (κ2) is 9.85. The van der Waals surface area contributed by atoms with Crippen LogP contribution in [0.25, 0.3) is 44.5 Å². The summed E-state index contributed by atoms with van der Waals surface area (Å²) in [6, 6.07) is 13.2. The Balaban J connectivity index is 1.22. The van der Waals surface area contributed by atoms with Crippen molar-refractivity contribution in [1.29, 1.82) is 0 Å². The third kappa shape index (κ3) is 4.44. The highest BCUT2D eigenvalue weighted by molar-refractivity contribution is 6.00. The number of rotatable bonds is 5. The van der Waals surface area contributed by atoms with Crippen LogP contribution in [0.2, 0.25) is 0 Å². The van der Waals surface area contributed by atoms with Crippen LogP contribution >= 0.6 is 0 Å². The van der Waals surface area contributed by atoms with Gasteiger partial charge in [0.2, 0.25) is 0 Å². The highest BCUT2D eigenvalue weighted by Gasteiger charge is 2.19. The SMILES string of the molecule is CN1CCN(c2cccc3[nH]c(-c4n[nH]c5cnc(-c6cncc(CN7CCCCC7)c6)cc45)cc23)CC1. The summed E-state index contributed by atoms with van der Waals surface area (Å²) in [7, 11) is 2.19. The lowest BCUT2D eigenvalue weighted by atomic mass is 10.1. The number of benzene rings is 1. The summed E-state index contributed by atoms with van der Waals surface area (Å²) in [6.45, 7) is 7.55. The molecule has 194 valence electrons. The Labute approximate surface area is 222 Å². The van der Waals surface area contributed by atoms with Gasteiger partial charge in [-0.3, -0.25) is 20.0 Å². The van der Waals surface area contributed by atoms with Gasteiger partial charge in [-0.2, -0.15) is 5.10 Å². The molecule has 0 amide bonds. The van der Waals surface area contributed by atoms with E-state index >= 15 is 0 Å². The van der Waals surface area contributed by atoms with Gasteiger partial charge in [-0.05, 0) is 68.9 Å². The first-order valence-corrected chi connectivity index (χ1v) is 13.8. The van der Waals surface area contributed by atoms with Gasteiger partial charge < -0.3 is 14.8 Å². The molecule has 1 aromatic carbocycles. The van der Waals surface area contributed by atoms with E-state index in [0.717, 1.165) is 71.8 Å². The molecule has 2 aliphatic rings. The molecule has 7 rings (SSSR count). The van der Waals surface area contributed by atoms with Crippen molar-refractivity contribution in [2.24, 2.45) is 0 Å². The van der Waals surface area contributed by atoms with Gasteiger partial charge in [0.25, 0.3) is 0 Å². The summed E-state index contributed by atoms with van der Waals surface area (Å²) in [5, 5.41) is 10.2. The first-order valence-electron chi connectivity index (χ1n) is 13.8. The van der Waals surface area contributed by atoms with Crippen LogP contribution in [0.5, 0.6) is 0 Å². The molecule has 8 nitrogen and oxygen atoms in total. The number of hydrogen-bond acceptors (Lipinski definition) is 6. The highest BCUT2D eigenvalue weighted by Crippen LogP contribution is 2.34. The number of fused-ring (bicyclic) bond motifs is 2. The van der Waals surface area contributed by atoms with Crippen LogP contribution in [-0.2, 0) is 6.54 Å². The number of anilines is 1. The Hall–Kier alpha value is -3.75. The summed E-state index contributed by atoms with van der Waals surface area (Å²) in [6.07, 6.45) is 9.72. The lowest BCUT2D eigenvalue weighted by molar-refractivity contribution is 0.220. The van der Waals surface area contributed by atoms with Crippen LogP contribution in [0, 0.1) is 0 Å². The normalized spacial score (nSPS) is 17.6.